The monoisotopic (exact) mass is 333 g/mol. The zero-order valence-electron chi connectivity index (χ0n) is 14.4. The Hall–Kier alpha value is -2.64. The van der Waals surface area contributed by atoms with E-state index in [-0.39, 0.29) is 24.9 Å². The molecule has 0 fully saturated rings. The number of H-pyrrole nitrogens is 1. The number of aromatic amines is 1. The number of aryl methyl sites for hydroxylation is 3. The number of nitrogens with one attached hydrogen (secondary N) is 2. The van der Waals surface area contributed by atoms with Crippen molar-refractivity contribution in [3.63, 3.8) is 0 Å². The highest BCUT2D eigenvalue weighted by atomic mass is 16.2. The van der Waals surface area contributed by atoms with E-state index in [1.54, 1.807) is 0 Å². The maximum Gasteiger partial charge on any atom is 0.328 e. The highest BCUT2D eigenvalue weighted by Gasteiger charge is 2.18. The van der Waals surface area contributed by atoms with Crippen molar-refractivity contribution >= 4 is 5.91 Å². The van der Waals surface area contributed by atoms with Crippen LogP contribution in [0.5, 0.6) is 0 Å². The van der Waals surface area contributed by atoms with Crippen molar-refractivity contribution in [1.29, 1.82) is 0 Å². The molecule has 2 heterocycles. The lowest BCUT2D eigenvalue weighted by atomic mass is 10.1. The molecule has 0 aromatic carbocycles. The van der Waals surface area contributed by atoms with E-state index in [1.807, 2.05) is 32.4 Å². The lowest BCUT2D eigenvalue weighted by Gasteiger charge is -2.15. The Morgan fingerprint density at radius 1 is 1.38 bits per heavy atom. The molecule has 8 heteroatoms. The van der Waals surface area contributed by atoms with Gasteiger partial charge in [0.2, 0.25) is 5.91 Å². The summed E-state index contributed by atoms with van der Waals surface area (Å²) in [6.45, 7) is 8.84. The topological polar surface area (TPSA) is 102 Å². The predicted octanol–water partition coefficient (Wildman–Crippen LogP) is 0.637. The van der Waals surface area contributed by atoms with Crippen molar-refractivity contribution in [2.24, 2.45) is 0 Å². The second kappa shape index (κ2) is 7.29. The summed E-state index contributed by atoms with van der Waals surface area (Å²) in [7, 11) is 0. The second-order valence-corrected chi connectivity index (χ2v) is 5.74. The summed E-state index contributed by atoms with van der Waals surface area (Å²) in [5, 5.41) is 7.39. The maximum atomic E-state index is 12.2. The lowest BCUT2D eigenvalue weighted by molar-refractivity contribution is -0.121. The number of nitrogens with zero attached hydrogens (tertiary/aromatic N) is 3. The van der Waals surface area contributed by atoms with Crippen LogP contribution in [-0.4, -0.2) is 25.2 Å². The average molecular weight is 333 g/mol. The highest BCUT2D eigenvalue weighted by Crippen LogP contribution is 2.21. The number of hydrogen-bond acceptors (Lipinski definition) is 4. The van der Waals surface area contributed by atoms with Crippen molar-refractivity contribution in [2.75, 3.05) is 0 Å². The Morgan fingerprint density at radius 3 is 2.67 bits per heavy atom. The summed E-state index contributed by atoms with van der Waals surface area (Å²) in [6, 6.07) is 1.10. The normalized spacial score (nSPS) is 12.2. The van der Waals surface area contributed by atoms with Crippen molar-refractivity contribution in [3.8, 4) is 0 Å². The van der Waals surface area contributed by atoms with Gasteiger partial charge in [-0.05, 0) is 27.7 Å². The molecule has 1 amide bonds. The highest BCUT2D eigenvalue weighted by molar-refractivity contribution is 5.76. The molecular weight excluding hydrogens is 310 g/mol. The van der Waals surface area contributed by atoms with Gasteiger partial charge < -0.3 is 9.88 Å². The van der Waals surface area contributed by atoms with Crippen LogP contribution < -0.4 is 16.6 Å². The molecule has 0 radical (unpaired) electrons. The Balaban J connectivity index is 2.00. The van der Waals surface area contributed by atoms with Gasteiger partial charge in [0.1, 0.15) is 0 Å². The first-order valence-electron chi connectivity index (χ1n) is 7.96. The first-order chi connectivity index (χ1) is 11.3. The molecule has 2 aromatic heterocycles. The first kappa shape index (κ1) is 17.7. The van der Waals surface area contributed by atoms with Crippen LogP contribution in [0.1, 0.15) is 43.3 Å². The van der Waals surface area contributed by atoms with Crippen LogP contribution in [0.2, 0.25) is 0 Å². The summed E-state index contributed by atoms with van der Waals surface area (Å²) in [5.41, 5.74) is 2.00. The van der Waals surface area contributed by atoms with E-state index in [0.717, 1.165) is 23.5 Å². The second-order valence-electron chi connectivity index (χ2n) is 5.74. The number of aromatic nitrogens is 4. The Morgan fingerprint density at radius 2 is 2.08 bits per heavy atom. The molecule has 2 rings (SSSR count). The number of carbonyl (C=O) groups excluding carboxylic acids is 1. The number of hydrogen-bond donors (Lipinski definition) is 2. The maximum absolute atomic E-state index is 12.2. The molecular formula is C16H23N5O3. The van der Waals surface area contributed by atoms with Crippen LogP contribution in [0, 0.1) is 13.8 Å². The molecule has 130 valence electrons. The summed E-state index contributed by atoms with van der Waals surface area (Å²) < 4.78 is 3.21. The van der Waals surface area contributed by atoms with Gasteiger partial charge in [-0.25, -0.2) is 4.79 Å². The van der Waals surface area contributed by atoms with Gasteiger partial charge in [0, 0.05) is 43.0 Å². The van der Waals surface area contributed by atoms with Gasteiger partial charge in [-0.3, -0.25) is 19.3 Å². The van der Waals surface area contributed by atoms with Crippen LogP contribution in [0.15, 0.2) is 21.9 Å². The van der Waals surface area contributed by atoms with E-state index in [9.17, 15) is 14.4 Å². The summed E-state index contributed by atoms with van der Waals surface area (Å²) in [4.78, 5) is 36.9. The average Bonchev–Trinajstić information content (AvgIpc) is 2.80. The summed E-state index contributed by atoms with van der Waals surface area (Å²) in [5.74, 6) is -0.163. The van der Waals surface area contributed by atoms with Gasteiger partial charge in [0.05, 0.1) is 11.7 Å². The fourth-order valence-corrected chi connectivity index (χ4v) is 2.87. The summed E-state index contributed by atoms with van der Waals surface area (Å²) in [6.07, 6.45) is 1.54. The smallest absolute Gasteiger partial charge is 0.328 e. The van der Waals surface area contributed by atoms with E-state index in [2.05, 4.69) is 15.4 Å². The van der Waals surface area contributed by atoms with Crippen molar-refractivity contribution in [1.82, 2.24) is 24.6 Å². The van der Waals surface area contributed by atoms with Crippen LogP contribution in [0.4, 0.5) is 0 Å². The van der Waals surface area contributed by atoms with Crippen LogP contribution >= 0.6 is 0 Å². The van der Waals surface area contributed by atoms with Gasteiger partial charge >= 0.3 is 5.69 Å². The van der Waals surface area contributed by atoms with Crippen LogP contribution in [0.3, 0.4) is 0 Å². The Labute approximate surface area is 139 Å². The molecule has 0 unspecified atom stereocenters. The molecule has 0 saturated heterocycles. The molecule has 0 bridgehead atoms. The minimum atomic E-state index is -0.515. The quantitative estimate of drug-likeness (QED) is 0.810. The third-order valence-electron chi connectivity index (χ3n) is 4.02. The first-order valence-corrected chi connectivity index (χ1v) is 7.96. The fraction of sp³-hybridized carbons (Fsp3) is 0.500. The van der Waals surface area contributed by atoms with Crippen molar-refractivity contribution < 1.29 is 4.79 Å². The molecule has 1 atom stereocenters. The molecule has 0 saturated carbocycles. The lowest BCUT2D eigenvalue weighted by Crippen LogP contribution is -2.32. The molecule has 2 aromatic rings. The molecule has 0 aliphatic heterocycles. The predicted molar refractivity (Wildman–Crippen MR) is 89.9 cm³/mol. The molecule has 24 heavy (non-hydrogen) atoms. The van der Waals surface area contributed by atoms with Gasteiger partial charge in [0.25, 0.3) is 5.56 Å². The van der Waals surface area contributed by atoms with E-state index in [0.29, 0.717) is 0 Å². The van der Waals surface area contributed by atoms with Gasteiger partial charge in [-0.1, -0.05) is 0 Å². The zero-order chi connectivity index (χ0) is 17.9. The minimum Gasteiger partial charge on any atom is -0.349 e. The fourth-order valence-electron chi connectivity index (χ4n) is 2.87. The molecule has 0 spiro atoms. The Kier molecular flexibility index (Phi) is 5.38. The van der Waals surface area contributed by atoms with Crippen LogP contribution in [0.25, 0.3) is 0 Å². The summed E-state index contributed by atoms with van der Waals surface area (Å²) >= 11 is 0. The van der Waals surface area contributed by atoms with E-state index < -0.39 is 11.2 Å². The van der Waals surface area contributed by atoms with E-state index in [1.165, 1.54) is 16.8 Å². The Bertz CT molecular complexity index is 846. The SMILES string of the molecule is CCn1nc(C)c([C@@H](C)NC(=O)CCn2ccc(=O)[nH]c2=O)c1C. The van der Waals surface area contributed by atoms with E-state index in [4.69, 9.17) is 0 Å². The third kappa shape index (κ3) is 3.81. The minimum absolute atomic E-state index is 0.149. The van der Waals surface area contributed by atoms with Crippen molar-refractivity contribution in [3.05, 3.63) is 50.1 Å². The molecule has 0 aliphatic rings. The van der Waals surface area contributed by atoms with Gasteiger partial charge in [-0.15, -0.1) is 0 Å². The number of amides is 1. The molecule has 8 nitrogen and oxygen atoms in total. The number of rotatable bonds is 6. The van der Waals surface area contributed by atoms with Gasteiger partial charge in [-0.2, -0.15) is 5.10 Å². The number of carbonyl (C=O) groups is 1. The molecule has 0 aliphatic carbocycles. The molecule has 2 N–H and O–H groups in total. The standard InChI is InChI=1S/C16H23N5O3/c1-5-21-12(4)15(11(3)19-21)10(2)17-13(22)6-8-20-9-7-14(23)18-16(20)24/h7,9-10H,5-6,8H2,1-4H3,(H,17,22)(H,18,23,24)/t10-/m1/s1. The zero-order valence-corrected chi connectivity index (χ0v) is 14.4. The van der Waals surface area contributed by atoms with E-state index >= 15 is 0 Å². The third-order valence-corrected chi connectivity index (χ3v) is 4.02. The van der Waals surface area contributed by atoms with Crippen LogP contribution in [-0.2, 0) is 17.9 Å². The van der Waals surface area contributed by atoms with Crippen molar-refractivity contribution in [2.45, 2.75) is 53.2 Å². The van der Waals surface area contributed by atoms with Gasteiger partial charge in [0.15, 0.2) is 0 Å². The largest absolute Gasteiger partial charge is 0.349 e.